The highest BCUT2D eigenvalue weighted by Crippen LogP contribution is 2.12. The molecule has 0 saturated heterocycles. The lowest BCUT2D eigenvalue weighted by Crippen LogP contribution is -2.32. The summed E-state index contributed by atoms with van der Waals surface area (Å²) in [6.45, 7) is 4.07. The summed E-state index contributed by atoms with van der Waals surface area (Å²) in [6.07, 6.45) is -0.386. The maximum Gasteiger partial charge on any atom is 0.123 e. The summed E-state index contributed by atoms with van der Waals surface area (Å²) < 4.78 is 12.7. The predicted octanol–water partition coefficient (Wildman–Crippen LogP) is 1.61. The van der Waals surface area contributed by atoms with Crippen LogP contribution in [-0.4, -0.2) is 28.9 Å². The summed E-state index contributed by atoms with van der Waals surface area (Å²) in [5, 5.41) is 22.2. The third kappa shape index (κ3) is 5.26. The van der Waals surface area contributed by atoms with Crippen molar-refractivity contribution in [1.82, 2.24) is 5.32 Å². The van der Waals surface area contributed by atoms with Gasteiger partial charge in [0.1, 0.15) is 5.82 Å². The highest BCUT2D eigenvalue weighted by Gasteiger charge is 2.10. The lowest BCUT2D eigenvalue weighted by atomic mass is 10.1. The number of halogens is 1. The summed E-state index contributed by atoms with van der Waals surface area (Å²) >= 11 is 0. The molecule has 0 fully saturated rings. The van der Waals surface area contributed by atoms with Crippen LogP contribution in [0.1, 0.15) is 31.9 Å². The van der Waals surface area contributed by atoms with Gasteiger partial charge >= 0.3 is 0 Å². The van der Waals surface area contributed by atoms with Gasteiger partial charge in [0.2, 0.25) is 0 Å². The van der Waals surface area contributed by atoms with Crippen LogP contribution in [0.4, 0.5) is 4.39 Å². The number of aliphatic hydroxyl groups is 2. The Labute approximate surface area is 101 Å². The Kier molecular flexibility index (Phi) is 5.55. The van der Waals surface area contributed by atoms with Crippen LogP contribution in [0.3, 0.4) is 0 Å². The average molecular weight is 241 g/mol. The molecule has 1 aromatic rings. The smallest absolute Gasteiger partial charge is 0.123 e. The number of nitrogens with one attached hydrogen (secondary N) is 1. The molecule has 0 aliphatic rings. The molecule has 0 amide bonds. The van der Waals surface area contributed by atoms with Crippen LogP contribution >= 0.6 is 0 Å². The Balaban J connectivity index is 2.39. The Morgan fingerprint density at radius 3 is 2.29 bits per heavy atom. The van der Waals surface area contributed by atoms with Crippen molar-refractivity contribution in [2.45, 2.75) is 38.5 Å². The normalized spacial score (nSPS) is 16.5. The van der Waals surface area contributed by atoms with Crippen molar-refractivity contribution in [3.63, 3.8) is 0 Å². The monoisotopic (exact) mass is 241 g/mol. The van der Waals surface area contributed by atoms with Gasteiger partial charge < -0.3 is 15.5 Å². The largest absolute Gasteiger partial charge is 0.393 e. The summed E-state index contributed by atoms with van der Waals surface area (Å²) in [5.41, 5.74) is 0.683. The summed E-state index contributed by atoms with van der Waals surface area (Å²) in [6, 6.07) is 5.93. The minimum Gasteiger partial charge on any atom is -0.393 e. The van der Waals surface area contributed by atoms with Crippen molar-refractivity contribution in [1.29, 1.82) is 0 Å². The number of hydrogen-bond donors (Lipinski definition) is 3. The molecule has 0 saturated carbocycles. The zero-order chi connectivity index (χ0) is 12.8. The zero-order valence-electron chi connectivity index (χ0n) is 10.2. The molecule has 1 aromatic carbocycles. The second kappa shape index (κ2) is 6.69. The Bertz CT molecular complexity index is 327. The molecule has 96 valence electrons. The molecule has 0 spiro atoms. The summed E-state index contributed by atoms with van der Waals surface area (Å²) in [5.74, 6) is -0.309. The van der Waals surface area contributed by atoms with Crippen LogP contribution in [0, 0.1) is 5.82 Å². The van der Waals surface area contributed by atoms with E-state index < -0.39 is 6.10 Å². The van der Waals surface area contributed by atoms with Gasteiger partial charge in [-0.15, -0.1) is 0 Å². The van der Waals surface area contributed by atoms with Crippen molar-refractivity contribution < 1.29 is 14.6 Å². The Morgan fingerprint density at radius 2 is 1.76 bits per heavy atom. The first-order valence-corrected chi connectivity index (χ1v) is 5.84. The van der Waals surface area contributed by atoms with E-state index >= 15 is 0 Å². The lowest BCUT2D eigenvalue weighted by molar-refractivity contribution is 0.149. The number of aliphatic hydroxyl groups excluding tert-OH is 2. The number of benzene rings is 1. The molecule has 0 aliphatic carbocycles. The van der Waals surface area contributed by atoms with Crippen molar-refractivity contribution in [3.8, 4) is 0 Å². The first kappa shape index (κ1) is 14.1. The molecular weight excluding hydrogens is 221 g/mol. The fraction of sp³-hybridized carbons (Fsp3) is 0.538. The molecule has 3 unspecified atom stereocenters. The Morgan fingerprint density at radius 1 is 1.18 bits per heavy atom. The molecule has 3 atom stereocenters. The van der Waals surface area contributed by atoms with E-state index in [1.165, 1.54) is 12.1 Å². The van der Waals surface area contributed by atoms with Gasteiger partial charge in [0, 0.05) is 12.6 Å². The maximum absolute atomic E-state index is 12.7. The van der Waals surface area contributed by atoms with E-state index in [-0.39, 0.29) is 18.0 Å². The molecule has 3 nitrogen and oxygen atoms in total. The lowest BCUT2D eigenvalue weighted by Gasteiger charge is -2.18. The van der Waals surface area contributed by atoms with Crippen LogP contribution in [0.5, 0.6) is 0 Å². The minimum absolute atomic E-state index is 0.130. The van der Waals surface area contributed by atoms with Crippen LogP contribution in [0.25, 0.3) is 0 Å². The second-order valence-electron chi connectivity index (χ2n) is 4.46. The van der Waals surface area contributed by atoms with Crippen molar-refractivity contribution in [2.75, 3.05) is 6.54 Å². The van der Waals surface area contributed by atoms with Crippen molar-refractivity contribution in [3.05, 3.63) is 35.6 Å². The molecule has 0 heterocycles. The topological polar surface area (TPSA) is 52.5 Å². The van der Waals surface area contributed by atoms with E-state index in [1.807, 2.05) is 6.92 Å². The van der Waals surface area contributed by atoms with E-state index in [2.05, 4.69) is 5.32 Å². The Hall–Kier alpha value is -0.970. The van der Waals surface area contributed by atoms with Crippen LogP contribution in [-0.2, 0) is 0 Å². The van der Waals surface area contributed by atoms with Crippen molar-refractivity contribution >= 4 is 0 Å². The van der Waals surface area contributed by atoms with Gasteiger partial charge in [-0.1, -0.05) is 12.1 Å². The van der Waals surface area contributed by atoms with Crippen LogP contribution < -0.4 is 5.32 Å². The molecule has 1 rings (SSSR count). The van der Waals surface area contributed by atoms with Gasteiger partial charge in [-0.25, -0.2) is 4.39 Å². The van der Waals surface area contributed by atoms with E-state index in [0.717, 1.165) is 0 Å². The molecule has 17 heavy (non-hydrogen) atoms. The third-order valence-electron chi connectivity index (χ3n) is 2.61. The molecule has 4 heteroatoms. The van der Waals surface area contributed by atoms with Crippen LogP contribution in [0.2, 0.25) is 0 Å². The van der Waals surface area contributed by atoms with Gasteiger partial charge in [-0.05, 0) is 38.0 Å². The van der Waals surface area contributed by atoms with Gasteiger partial charge in [0.05, 0.1) is 12.2 Å². The quantitative estimate of drug-likeness (QED) is 0.709. The molecular formula is C13H20FNO2. The van der Waals surface area contributed by atoms with Crippen LogP contribution in [0.15, 0.2) is 24.3 Å². The fourth-order valence-corrected chi connectivity index (χ4v) is 1.71. The minimum atomic E-state index is -0.660. The van der Waals surface area contributed by atoms with E-state index in [0.29, 0.717) is 18.5 Å². The van der Waals surface area contributed by atoms with E-state index in [9.17, 15) is 14.6 Å². The average Bonchev–Trinajstić information content (AvgIpc) is 2.26. The molecule has 3 N–H and O–H groups in total. The van der Waals surface area contributed by atoms with Gasteiger partial charge in [-0.3, -0.25) is 0 Å². The second-order valence-corrected chi connectivity index (χ2v) is 4.46. The fourth-order valence-electron chi connectivity index (χ4n) is 1.71. The van der Waals surface area contributed by atoms with Gasteiger partial charge in [0.25, 0.3) is 0 Å². The molecule has 0 aromatic heterocycles. The zero-order valence-corrected chi connectivity index (χ0v) is 10.2. The van der Waals surface area contributed by atoms with Gasteiger partial charge in [0.15, 0.2) is 0 Å². The first-order chi connectivity index (χ1) is 7.99. The van der Waals surface area contributed by atoms with E-state index in [4.69, 9.17) is 0 Å². The highest BCUT2D eigenvalue weighted by molar-refractivity contribution is 5.18. The molecule has 0 bridgehead atoms. The maximum atomic E-state index is 12.7. The van der Waals surface area contributed by atoms with Crippen molar-refractivity contribution in [2.24, 2.45) is 0 Å². The summed E-state index contributed by atoms with van der Waals surface area (Å²) in [4.78, 5) is 0. The van der Waals surface area contributed by atoms with Gasteiger partial charge in [-0.2, -0.15) is 0 Å². The molecule has 0 radical (unpaired) electrons. The molecule has 0 aliphatic heterocycles. The predicted molar refractivity (Wildman–Crippen MR) is 65.1 cm³/mol. The number of hydrogen-bond acceptors (Lipinski definition) is 3. The standard InChI is InChI=1S/C13H20FNO2/c1-9(7-10(2)16)15-8-13(17)11-3-5-12(14)6-4-11/h3-6,9-10,13,15-17H,7-8H2,1-2H3. The SMILES string of the molecule is CC(O)CC(C)NCC(O)c1ccc(F)cc1. The highest BCUT2D eigenvalue weighted by atomic mass is 19.1. The number of rotatable bonds is 6. The van der Waals surface area contributed by atoms with E-state index in [1.54, 1.807) is 19.1 Å². The third-order valence-corrected chi connectivity index (χ3v) is 2.61. The first-order valence-electron chi connectivity index (χ1n) is 5.84. The summed E-state index contributed by atoms with van der Waals surface area (Å²) in [7, 11) is 0.